The lowest BCUT2D eigenvalue weighted by molar-refractivity contribution is 0.157. The molecule has 4 aromatic rings. The van der Waals surface area contributed by atoms with Gasteiger partial charge in [-0.15, -0.1) is 0 Å². The van der Waals surface area contributed by atoms with Gasteiger partial charge in [-0.3, -0.25) is 0 Å². The van der Waals surface area contributed by atoms with E-state index in [0.29, 0.717) is 34.4 Å². The van der Waals surface area contributed by atoms with Crippen molar-refractivity contribution >= 4 is 28.6 Å². The highest BCUT2D eigenvalue weighted by atomic mass is 35.5. The van der Waals surface area contributed by atoms with Crippen LogP contribution in [0.2, 0.25) is 5.15 Å². The van der Waals surface area contributed by atoms with Crippen molar-refractivity contribution in [1.29, 1.82) is 0 Å². The molecule has 7 rings (SSSR count). The van der Waals surface area contributed by atoms with Crippen molar-refractivity contribution in [2.75, 3.05) is 5.32 Å². The SMILES string of the molecule is Fc1c(N[C@@H]2CC3CCC2CC3)nc(-c2c[nH]c3ncc(Cl)nc23)nc1-c1ccno1. The van der Waals surface area contributed by atoms with Crippen LogP contribution in [0.3, 0.4) is 0 Å². The number of H-pyrrole nitrogens is 1. The molecule has 0 aliphatic heterocycles. The van der Waals surface area contributed by atoms with Gasteiger partial charge in [0.25, 0.3) is 0 Å². The first-order chi connectivity index (χ1) is 15.2. The molecule has 0 spiro atoms. The van der Waals surface area contributed by atoms with Crippen molar-refractivity contribution < 1.29 is 8.91 Å². The fourth-order valence-electron chi connectivity index (χ4n) is 4.93. The minimum absolute atomic E-state index is 0.0512. The van der Waals surface area contributed by atoms with Crippen LogP contribution in [0, 0.1) is 17.7 Å². The molecule has 0 aromatic carbocycles. The van der Waals surface area contributed by atoms with Crippen LogP contribution in [0.1, 0.15) is 32.1 Å². The molecule has 3 aliphatic carbocycles. The second kappa shape index (κ2) is 7.26. The standard InChI is InChI=1S/C21H19ClFN7O/c22-15-9-25-21-17(28-15)12(8-24-21)19-29-18(14-5-6-26-31-14)16(23)20(30-19)27-13-7-10-1-3-11(13)4-2-10/h5-6,8-11,13H,1-4,7H2,(H,24,25)(H,27,29,30)/t10?,11?,13-/m1/s1. The number of fused-ring (bicyclic) bond motifs is 4. The second-order valence-corrected chi connectivity index (χ2v) is 8.68. The molecule has 0 unspecified atom stereocenters. The summed E-state index contributed by atoms with van der Waals surface area (Å²) < 4.78 is 20.7. The molecule has 4 aromatic heterocycles. The minimum atomic E-state index is -0.550. The minimum Gasteiger partial charge on any atom is -0.364 e. The summed E-state index contributed by atoms with van der Waals surface area (Å²) in [7, 11) is 0. The molecule has 3 aliphatic rings. The molecule has 8 nitrogen and oxygen atoms in total. The molecule has 31 heavy (non-hydrogen) atoms. The van der Waals surface area contributed by atoms with Gasteiger partial charge in [0.2, 0.25) is 0 Å². The van der Waals surface area contributed by atoms with Gasteiger partial charge in [0.15, 0.2) is 34.6 Å². The van der Waals surface area contributed by atoms with E-state index in [2.05, 4.69) is 35.4 Å². The Morgan fingerprint density at radius 3 is 2.77 bits per heavy atom. The van der Waals surface area contributed by atoms with Crippen LogP contribution < -0.4 is 5.32 Å². The number of rotatable bonds is 4. The molecule has 3 fully saturated rings. The van der Waals surface area contributed by atoms with Gasteiger partial charge in [-0.05, 0) is 31.1 Å². The largest absolute Gasteiger partial charge is 0.364 e. The molecule has 0 radical (unpaired) electrons. The zero-order valence-electron chi connectivity index (χ0n) is 16.5. The lowest BCUT2D eigenvalue weighted by atomic mass is 9.68. The molecule has 10 heteroatoms. The normalized spacial score (nSPS) is 22.8. The Kier molecular flexibility index (Phi) is 4.38. The van der Waals surface area contributed by atoms with E-state index in [0.717, 1.165) is 6.42 Å². The predicted molar refractivity (Wildman–Crippen MR) is 113 cm³/mol. The Morgan fingerprint density at radius 2 is 2.03 bits per heavy atom. The van der Waals surface area contributed by atoms with E-state index < -0.39 is 5.82 Å². The summed E-state index contributed by atoms with van der Waals surface area (Å²) in [6, 6.07) is 1.78. The molecule has 2 bridgehead atoms. The second-order valence-electron chi connectivity index (χ2n) is 8.29. The highest BCUT2D eigenvalue weighted by Crippen LogP contribution is 2.43. The molecular weight excluding hydrogens is 421 g/mol. The van der Waals surface area contributed by atoms with Crippen molar-refractivity contribution in [2.45, 2.75) is 38.1 Å². The van der Waals surface area contributed by atoms with Gasteiger partial charge in [0.1, 0.15) is 10.7 Å². The highest BCUT2D eigenvalue weighted by molar-refractivity contribution is 6.29. The van der Waals surface area contributed by atoms with E-state index in [4.69, 9.17) is 16.1 Å². The number of aromatic nitrogens is 6. The Hall–Kier alpha value is -3.07. The molecule has 0 saturated heterocycles. The summed E-state index contributed by atoms with van der Waals surface area (Å²) in [6.45, 7) is 0. The first-order valence-electron chi connectivity index (χ1n) is 10.4. The first-order valence-corrected chi connectivity index (χ1v) is 10.8. The van der Waals surface area contributed by atoms with E-state index in [1.54, 1.807) is 12.3 Å². The summed E-state index contributed by atoms with van der Waals surface area (Å²) in [6.07, 6.45) is 10.5. The van der Waals surface area contributed by atoms with Crippen LogP contribution in [0.25, 0.3) is 34.0 Å². The van der Waals surface area contributed by atoms with Gasteiger partial charge in [0.05, 0.1) is 18.0 Å². The number of halogens is 2. The summed E-state index contributed by atoms with van der Waals surface area (Å²) in [5.41, 5.74) is 1.70. The number of anilines is 1. The van der Waals surface area contributed by atoms with Crippen LogP contribution in [0.15, 0.2) is 29.2 Å². The summed E-state index contributed by atoms with van der Waals surface area (Å²) >= 11 is 6.05. The van der Waals surface area contributed by atoms with Crippen LogP contribution in [-0.4, -0.2) is 36.1 Å². The molecule has 158 valence electrons. The average molecular weight is 440 g/mol. The van der Waals surface area contributed by atoms with E-state index >= 15 is 4.39 Å². The van der Waals surface area contributed by atoms with E-state index in [1.165, 1.54) is 38.1 Å². The van der Waals surface area contributed by atoms with Crippen molar-refractivity contribution in [1.82, 2.24) is 30.1 Å². The summed E-state index contributed by atoms with van der Waals surface area (Å²) in [5, 5.41) is 7.34. The first kappa shape index (κ1) is 18.7. The monoisotopic (exact) mass is 439 g/mol. The quantitative estimate of drug-likeness (QED) is 0.468. The summed E-state index contributed by atoms with van der Waals surface area (Å²) in [5.74, 6) is 1.39. The maximum atomic E-state index is 15.5. The number of hydrogen-bond donors (Lipinski definition) is 2. The van der Waals surface area contributed by atoms with Gasteiger partial charge in [-0.2, -0.15) is 0 Å². The number of hydrogen-bond acceptors (Lipinski definition) is 7. The fraction of sp³-hybridized carbons (Fsp3) is 0.381. The number of nitrogens with zero attached hydrogens (tertiary/aromatic N) is 5. The molecule has 3 saturated carbocycles. The van der Waals surface area contributed by atoms with Gasteiger partial charge < -0.3 is 14.8 Å². The average Bonchev–Trinajstić information content (AvgIpc) is 3.46. The molecule has 2 N–H and O–H groups in total. The van der Waals surface area contributed by atoms with Crippen molar-refractivity contribution in [2.24, 2.45) is 11.8 Å². The number of aromatic amines is 1. The molecular formula is C21H19ClFN7O. The Balaban J connectivity index is 1.47. The van der Waals surface area contributed by atoms with Crippen LogP contribution >= 0.6 is 11.6 Å². The van der Waals surface area contributed by atoms with E-state index in [1.807, 2.05) is 0 Å². The number of nitrogens with one attached hydrogen (secondary N) is 2. The third-order valence-electron chi connectivity index (χ3n) is 6.48. The van der Waals surface area contributed by atoms with Gasteiger partial charge >= 0.3 is 0 Å². The van der Waals surface area contributed by atoms with Crippen LogP contribution in [0.5, 0.6) is 0 Å². The maximum absolute atomic E-state index is 15.5. The third-order valence-corrected chi connectivity index (χ3v) is 6.67. The van der Waals surface area contributed by atoms with E-state index in [-0.39, 0.29) is 28.5 Å². The van der Waals surface area contributed by atoms with Crippen LogP contribution in [-0.2, 0) is 0 Å². The lowest BCUT2D eigenvalue weighted by Gasteiger charge is -2.42. The Morgan fingerprint density at radius 1 is 1.16 bits per heavy atom. The Labute approximate surface area is 181 Å². The van der Waals surface area contributed by atoms with E-state index in [9.17, 15) is 0 Å². The summed E-state index contributed by atoms with van der Waals surface area (Å²) in [4.78, 5) is 20.6. The molecule has 4 heterocycles. The van der Waals surface area contributed by atoms with Gasteiger partial charge in [-0.25, -0.2) is 24.3 Å². The van der Waals surface area contributed by atoms with Crippen LogP contribution in [0.4, 0.5) is 10.2 Å². The van der Waals surface area contributed by atoms with Gasteiger partial charge in [-0.1, -0.05) is 29.6 Å². The van der Waals surface area contributed by atoms with Crippen molar-refractivity contribution in [3.63, 3.8) is 0 Å². The third kappa shape index (κ3) is 3.23. The Bertz CT molecular complexity index is 1250. The molecule has 1 atom stereocenters. The highest BCUT2D eigenvalue weighted by Gasteiger charge is 2.36. The lowest BCUT2D eigenvalue weighted by Crippen LogP contribution is -2.40. The zero-order valence-corrected chi connectivity index (χ0v) is 17.2. The van der Waals surface area contributed by atoms with Crippen molar-refractivity contribution in [3.8, 4) is 22.8 Å². The smallest absolute Gasteiger partial charge is 0.195 e. The van der Waals surface area contributed by atoms with Gasteiger partial charge in [0, 0.05) is 18.3 Å². The predicted octanol–water partition coefficient (Wildman–Crippen LogP) is 4.85. The van der Waals surface area contributed by atoms with Crippen molar-refractivity contribution in [3.05, 3.63) is 35.6 Å². The fourth-order valence-corrected chi connectivity index (χ4v) is 5.07. The molecule has 0 amide bonds. The topological polar surface area (TPSA) is 105 Å². The zero-order chi connectivity index (χ0) is 20.9. The maximum Gasteiger partial charge on any atom is 0.195 e.